The van der Waals surface area contributed by atoms with E-state index in [1.807, 2.05) is 0 Å². The first-order valence-corrected chi connectivity index (χ1v) is 8.50. The molecule has 4 heterocycles. The molecule has 20 heavy (non-hydrogen) atoms. The summed E-state index contributed by atoms with van der Waals surface area (Å²) in [5.74, 6) is 3.02. The maximum atomic E-state index is 4.48. The van der Waals surface area contributed by atoms with Crippen molar-refractivity contribution in [1.82, 2.24) is 19.7 Å². The van der Waals surface area contributed by atoms with E-state index in [1.54, 1.807) is 11.3 Å². The first-order chi connectivity index (χ1) is 9.90. The molecule has 4 rings (SSSR count). The van der Waals surface area contributed by atoms with Crippen LogP contribution in [0.3, 0.4) is 0 Å². The highest BCUT2D eigenvalue weighted by atomic mass is 32.1. The fourth-order valence-electron chi connectivity index (χ4n) is 3.53. The molecule has 4 nitrogen and oxygen atoms in total. The molecule has 2 aromatic rings. The number of likely N-dealkylation sites (tertiary alicyclic amines) is 1. The second kappa shape index (κ2) is 5.30. The summed E-state index contributed by atoms with van der Waals surface area (Å²) >= 11 is 1.79. The molecule has 0 aliphatic carbocycles. The second-order valence-electron chi connectivity index (χ2n) is 5.94. The highest BCUT2D eigenvalue weighted by Gasteiger charge is 2.28. The van der Waals surface area contributed by atoms with Gasteiger partial charge in [0.2, 0.25) is 0 Å². The molecule has 0 N–H and O–H groups in total. The lowest BCUT2D eigenvalue weighted by Crippen LogP contribution is -2.34. The predicted octanol–water partition coefficient (Wildman–Crippen LogP) is 2.67. The Bertz CT molecular complexity index is 575. The number of nitrogens with zero attached hydrogens (tertiary/aromatic N) is 4. The van der Waals surface area contributed by atoms with Gasteiger partial charge < -0.3 is 4.57 Å². The van der Waals surface area contributed by atoms with Gasteiger partial charge in [0.1, 0.15) is 11.6 Å². The van der Waals surface area contributed by atoms with Crippen LogP contribution in [0.1, 0.15) is 42.4 Å². The van der Waals surface area contributed by atoms with Gasteiger partial charge in [0.05, 0.1) is 0 Å². The van der Waals surface area contributed by atoms with Crippen molar-refractivity contribution in [3.8, 4) is 0 Å². The molecule has 2 aliphatic heterocycles. The average Bonchev–Trinajstić information content (AvgIpc) is 3.16. The molecule has 5 heteroatoms. The number of hydrogen-bond acceptors (Lipinski definition) is 4. The molecule has 0 amide bonds. The summed E-state index contributed by atoms with van der Waals surface area (Å²) < 4.78 is 2.37. The normalized spacial score (nSPS) is 23.1. The van der Waals surface area contributed by atoms with Crippen LogP contribution in [-0.4, -0.2) is 32.8 Å². The zero-order chi connectivity index (χ0) is 13.4. The van der Waals surface area contributed by atoms with Gasteiger partial charge in [-0.3, -0.25) is 4.90 Å². The number of aromatic nitrogens is 3. The van der Waals surface area contributed by atoms with Gasteiger partial charge in [-0.25, -0.2) is 0 Å². The van der Waals surface area contributed by atoms with Gasteiger partial charge in [-0.15, -0.1) is 10.2 Å². The second-order valence-corrected chi connectivity index (χ2v) is 6.72. The Kier molecular flexibility index (Phi) is 3.32. The molecule has 106 valence electrons. The van der Waals surface area contributed by atoms with E-state index in [2.05, 4.69) is 36.5 Å². The number of hydrogen-bond donors (Lipinski definition) is 0. The number of aryl methyl sites for hydroxylation is 1. The molecule has 1 unspecified atom stereocenters. The smallest absolute Gasteiger partial charge is 0.137 e. The molecule has 1 atom stereocenters. The largest absolute Gasteiger partial charge is 0.315 e. The van der Waals surface area contributed by atoms with Crippen LogP contribution in [0.4, 0.5) is 0 Å². The minimum atomic E-state index is 0.571. The SMILES string of the molecule is c1cc(CN2CCCC(c3nnc4n3CCC4)C2)cs1. The Morgan fingerprint density at radius 2 is 2.25 bits per heavy atom. The van der Waals surface area contributed by atoms with Crippen LogP contribution in [-0.2, 0) is 19.5 Å². The van der Waals surface area contributed by atoms with Gasteiger partial charge in [0.25, 0.3) is 0 Å². The van der Waals surface area contributed by atoms with Crippen LogP contribution in [0.2, 0.25) is 0 Å². The van der Waals surface area contributed by atoms with E-state index in [0.717, 1.165) is 26.1 Å². The van der Waals surface area contributed by atoms with Gasteiger partial charge in [-0.05, 0) is 48.2 Å². The van der Waals surface area contributed by atoms with E-state index in [1.165, 1.54) is 43.0 Å². The summed E-state index contributed by atoms with van der Waals surface area (Å²) in [6.45, 7) is 4.56. The zero-order valence-electron chi connectivity index (χ0n) is 11.7. The fourth-order valence-corrected chi connectivity index (χ4v) is 4.19. The highest BCUT2D eigenvalue weighted by Crippen LogP contribution is 2.29. The molecule has 0 bridgehead atoms. The third-order valence-corrected chi connectivity index (χ3v) is 5.23. The fraction of sp³-hybridized carbons (Fsp3) is 0.600. The molecule has 0 spiro atoms. The zero-order valence-corrected chi connectivity index (χ0v) is 12.5. The third kappa shape index (κ3) is 2.29. The molecule has 0 aromatic carbocycles. The van der Waals surface area contributed by atoms with Crippen LogP contribution in [0, 0.1) is 0 Å². The van der Waals surface area contributed by atoms with Crippen molar-refractivity contribution >= 4 is 11.3 Å². The average molecular weight is 288 g/mol. The Morgan fingerprint density at radius 3 is 3.15 bits per heavy atom. The lowest BCUT2D eigenvalue weighted by molar-refractivity contribution is 0.195. The molecular formula is C15H20N4S. The molecule has 1 fully saturated rings. The van der Waals surface area contributed by atoms with Gasteiger partial charge >= 0.3 is 0 Å². The maximum Gasteiger partial charge on any atom is 0.137 e. The molecule has 0 saturated carbocycles. The molecule has 2 aliphatic rings. The monoisotopic (exact) mass is 288 g/mol. The Morgan fingerprint density at radius 1 is 1.25 bits per heavy atom. The van der Waals surface area contributed by atoms with Gasteiger partial charge in [-0.2, -0.15) is 11.3 Å². The first-order valence-electron chi connectivity index (χ1n) is 7.55. The van der Waals surface area contributed by atoms with Crippen molar-refractivity contribution in [1.29, 1.82) is 0 Å². The molecule has 1 saturated heterocycles. The summed E-state index contributed by atoms with van der Waals surface area (Å²) in [4.78, 5) is 2.58. The quantitative estimate of drug-likeness (QED) is 0.871. The van der Waals surface area contributed by atoms with Crippen molar-refractivity contribution in [2.75, 3.05) is 13.1 Å². The summed E-state index contributed by atoms with van der Waals surface area (Å²) in [6, 6.07) is 2.24. The topological polar surface area (TPSA) is 34.0 Å². The number of rotatable bonds is 3. The van der Waals surface area contributed by atoms with E-state index in [-0.39, 0.29) is 0 Å². The van der Waals surface area contributed by atoms with Crippen molar-refractivity contribution < 1.29 is 0 Å². The van der Waals surface area contributed by atoms with Gasteiger partial charge in [0, 0.05) is 32.0 Å². The van der Waals surface area contributed by atoms with Gasteiger partial charge in [0.15, 0.2) is 0 Å². The number of fused-ring (bicyclic) bond motifs is 1. The van der Waals surface area contributed by atoms with Crippen LogP contribution < -0.4 is 0 Å². The van der Waals surface area contributed by atoms with Crippen molar-refractivity contribution in [3.05, 3.63) is 34.0 Å². The maximum absolute atomic E-state index is 4.48. The molecule has 0 radical (unpaired) electrons. The van der Waals surface area contributed by atoms with E-state index in [4.69, 9.17) is 0 Å². The van der Waals surface area contributed by atoms with Crippen LogP contribution >= 0.6 is 11.3 Å². The van der Waals surface area contributed by atoms with E-state index in [0.29, 0.717) is 5.92 Å². The van der Waals surface area contributed by atoms with Crippen molar-refractivity contribution in [2.45, 2.75) is 44.7 Å². The lowest BCUT2D eigenvalue weighted by Gasteiger charge is -2.32. The summed E-state index contributed by atoms with van der Waals surface area (Å²) in [5, 5.41) is 13.3. The third-order valence-electron chi connectivity index (χ3n) is 4.50. The summed E-state index contributed by atoms with van der Waals surface area (Å²) in [7, 11) is 0. The summed E-state index contributed by atoms with van der Waals surface area (Å²) in [5.41, 5.74) is 1.45. The molecular weight excluding hydrogens is 268 g/mol. The van der Waals surface area contributed by atoms with E-state index < -0.39 is 0 Å². The predicted molar refractivity (Wildman–Crippen MR) is 79.9 cm³/mol. The standard InChI is InChI=1S/C15H20N4S/c1-3-13(15-17-16-14-4-2-7-19(14)15)10-18(6-1)9-12-5-8-20-11-12/h5,8,11,13H,1-4,6-7,9-10H2. The Balaban J connectivity index is 1.48. The van der Waals surface area contributed by atoms with Crippen molar-refractivity contribution in [2.24, 2.45) is 0 Å². The number of thiophene rings is 1. The Hall–Kier alpha value is -1.20. The van der Waals surface area contributed by atoms with Crippen LogP contribution in [0.5, 0.6) is 0 Å². The first kappa shape index (κ1) is 12.5. The van der Waals surface area contributed by atoms with Crippen LogP contribution in [0.25, 0.3) is 0 Å². The lowest BCUT2D eigenvalue weighted by atomic mass is 9.97. The van der Waals surface area contributed by atoms with Crippen LogP contribution in [0.15, 0.2) is 16.8 Å². The summed E-state index contributed by atoms with van der Waals surface area (Å²) in [6.07, 6.45) is 4.89. The van der Waals surface area contributed by atoms with Gasteiger partial charge in [-0.1, -0.05) is 0 Å². The van der Waals surface area contributed by atoms with E-state index >= 15 is 0 Å². The highest BCUT2D eigenvalue weighted by molar-refractivity contribution is 7.07. The number of piperidine rings is 1. The minimum Gasteiger partial charge on any atom is -0.315 e. The van der Waals surface area contributed by atoms with E-state index in [9.17, 15) is 0 Å². The Labute approximate surface area is 123 Å². The minimum absolute atomic E-state index is 0.571. The molecule has 2 aromatic heterocycles. The van der Waals surface area contributed by atoms with Crippen molar-refractivity contribution in [3.63, 3.8) is 0 Å².